The molecular formula is C23H23N7O2S2. The Hall–Kier alpha value is -3.57. The first-order valence-electron chi connectivity index (χ1n) is 10.7. The Kier molecular flexibility index (Phi) is 6.37. The van der Waals surface area contributed by atoms with Crippen molar-refractivity contribution >= 4 is 51.3 Å². The number of hydrogen-bond acceptors (Lipinski definition) is 9. The van der Waals surface area contributed by atoms with Crippen LogP contribution < -0.4 is 19.7 Å². The number of hydrogen-bond donors (Lipinski definition) is 1. The number of nitrogens with zero attached hydrogens (tertiary/aromatic N) is 6. The molecule has 0 bridgehead atoms. The van der Waals surface area contributed by atoms with E-state index in [2.05, 4.69) is 34.7 Å². The minimum Gasteiger partial charge on any atom is -0.493 e. The Morgan fingerprint density at radius 1 is 1.00 bits per heavy atom. The van der Waals surface area contributed by atoms with Crippen LogP contribution in [0.2, 0.25) is 0 Å². The monoisotopic (exact) mass is 493 g/mol. The number of fused-ring (bicyclic) bond motifs is 1. The van der Waals surface area contributed by atoms with Crippen molar-refractivity contribution in [3.05, 3.63) is 48.1 Å². The fourth-order valence-electron chi connectivity index (χ4n) is 3.96. The average Bonchev–Trinajstić information content (AvgIpc) is 3.43. The van der Waals surface area contributed by atoms with Gasteiger partial charge in [0.15, 0.2) is 16.6 Å². The molecule has 34 heavy (non-hydrogen) atoms. The van der Waals surface area contributed by atoms with Crippen LogP contribution >= 0.6 is 23.8 Å². The molecule has 1 saturated heterocycles. The molecule has 0 saturated carbocycles. The minimum absolute atomic E-state index is 0.650. The maximum absolute atomic E-state index is 5.68. The van der Waals surface area contributed by atoms with E-state index in [4.69, 9.17) is 21.7 Å². The molecule has 9 nitrogen and oxygen atoms in total. The molecule has 0 unspecified atom stereocenters. The number of aromatic nitrogens is 4. The van der Waals surface area contributed by atoms with Crippen LogP contribution in [-0.2, 0) is 0 Å². The Morgan fingerprint density at radius 2 is 1.74 bits per heavy atom. The van der Waals surface area contributed by atoms with Crippen molar-refractivity contribution in [1.82, 2.24) is 24.5 Å². The lowest BCUT2D eigenvalue weighted by Crippen LogP contribution is -2.50. The zero-order valence-corrected chi connectivity index (χ0v) is 20.4. The zero-order valence-electron chi connectivity index (χ0n) is 18.8. The summed E-state index contributed by atoms with van der Waals surface area (Å²) in [6, 6.07) is 11.9. The van der Waals surface area contributed by atoms with E-state index in [1.165, 1.54) is 11.5 Å². The van der Waals surface area contributed by atoms with E-state index < -0.39 is 0 Å². The van der Waals surface area contributed by atoms with Crippen molar-refractivity contribution in [2.75, 3.05) is 50.6 Å². The van der Waals surface area contributed by atoms with E-state index in [-0.39, 0.29) is 0 Å². The molecule has 2 aromatic heterocycles. The molecule has 1 fully saturated rings. The van der Waals surface area contributed by atoms with Gasteiger partial charge in [0.1, 0.15) is 17.8 Å². The first-order chi connectivity index (χ1) is 16.7. The van der Waals surface area contributed by atoms with Gasteiger partial charge in [-0.15, -0.1) is 5.10 Å². The highest BCUT2D eigenvalue weighted by atomic mass is 32.1. The van der Waals surface area contributed by atoms with Crippen LogP contribution in [0.5, 0.6) is 11.5 Å². The molecule has 4 aromatic rings. The van der Waals surface area contributed by atoms with Gasteiger partial charge in [-0.2, -0.15) is 0 Å². The SMILES string of the molecule is COc1cc2ncnc(N3CCN(C(=S)Nc4ccc(-c5csnn5)cc4)CC3)c2cc1OC. The topological polar surface area (TPSA) is 88.5 Å². The molecule has 3 heterocycles. The summed E-state index contributed by atoms with van der Waals surface area (Å²) in [6.45, 7) is 3.15. The van der Waals surface area contributed by atoms with Crippen molar-refractivity contribution < 1.29 is 9.47 Å². The summed E-state index contributed by atoms with van der Waals surface area (Å²) in [6.07, 6.45) is 1.59. The first kappa shape index (κ1) is 22.2. The third-order valence-electron chi connectivity index (χ3n) is 5.78. The quantitative estimate of drug-likeness (QED) is 0.415. The smallest absolute Gasteiger partial charge is 0.173 e. The Balaban J connectivity index is 1.25. The van der Waals surface area contributed by atoms with Crippen molar-refractivity contribution in [2.45, 2.75) is 0 Å². The van der Waals surface area contributed by atoms with E-state index in [0.717, 1.165) is 59.8 Å². The lowest BCUT2D eigenvalue weighted by molar-refractivity contribution is 0.355. The third-order valence-corrected chi connectivity index (χ3v) is 6.64. The van der Waals surface area contributed by atoms with Gasteiger partial charge in [0.25, 0.3) is 0 Å². The molecule has 11 heteroatoms. The van der Waals surface area contributed by atoms with Gasteiger partial charge in [0.05, 0.1) is 19.7 Å². The normalized spacial score (nSPS) is 13.7. The molecule has 2 aromatic carbocycles. The molecule has 0 atom stereocenters. The third kappa shape index (κ3) is 4.44. The molecule has 1 aliphatic rings. The van der Waals surface area contributed by atoms with Crippen molar-refractivity contribution in [1.29, 1.82) is 0 Å². The van der Waals surface area contributed by atoms with E-state index in [0.29, 0.717) is 16.6 Å². The molecule has 0 radical (unpaired) electrons. The maximum atomic E-state index is 5.68. The summed E-state index contributed by atoms with van der Waals surface area (Å²) in [5.41, 5.74) is 3.68. The van der Waals surface area contributed by atoms with Gasteiger partial charge in [0.2, 0.25) is 0 Å². The number of anilines is 2. The average molecular weight is 494 g/mol. The second kappa shape index (κ2) is 9.74. The summed E-state index contributed by atoms with van der Waals surface area (Å²) >= 11 is 7.02. The van der Waals surface area contributed by atoms with E-state index >= 15 is 0 Å². The second-order valence-corrected chi connectivity index (χ2v) is 8.69. The highest BCUT2D eigenvalue weighted by Gasteiger charge is 2.22. The fourth-order valence-corrected chi connectivity index (χ4v) is 4.73. The molecule has 174 valence electrons. The van der Waals surface area contributed by atoms with Crippen molar-refractivity contribution in [2.24, 2.45) is 0 Å². The number of benzene rings is 2. The van der Waals surface area contributed by atoms with E-state index in [9.17, 15) is 0 Å². The Morgan fingerprint density at radius 3 is 2.41 bits per heavy atom. The van der Waals surface area contributed by atoms with Crippen molar-refractivity contribution in [3.8, 4) is 22.8 Å². The van der Waals surface area contributed by atoms with Gasteiger partial charge in [-0.25, -0.2) is 9.97 Å². The van der Waals surface area contributed by atoms with Crippen LogP contribution in [0.15, 0.2) is 48.1 Å². The highest BCUT2D eigenvalue weighted by Crippen LogP contribution is 2.35. The van der Waals surface area contributed by atoms with Crippen LogP contribution in [0.3, 0.4) is 0 Å². The van der Waals surface area contributed by atoms with E-state index in [1.807, 2.05) is 41.8 Å². The largest absolute Gasteiger partial charge is 0.493 e. The predicted octanol–water partition coefficient (Wildman–Crippen LogP) is 3.68. The fraction of sp³-hybridized carbons (Fsp3) is 0.261. The lowest BCUT2D eigenvalue weighted by atomic mass is 10.1. The number of thiocarbonyl (C=S) groups is 1. The van der Waals surface area contributed by atoms with Crippen LogP contribution in [0, 0.1) is 0 Å². The summed E-state index contributed by atoms with van der Waals surface area (Å²) in [7, 11) is 3.25. The molecular weight excluding hydrogens is 470 g/mol. The maximum Gasteiger partial charge on any atom is 0.173 e. The Labute approximate surface area is 206 Å². The number of piperazine rings is 1. The minimum atomic E-state index is 0.650. The summed E-state index contributed by atoms with van der Waals surface area (Å²) < 4.78 is 14.8. The number of ether oxygens (including phenoxy) is 2. The van der Waals surface area contributed by atoms with Gasteiger partial charge >= 0.3 is 0 Å². The molecule has 1 aliphatic heterocycles. The molecule has 0 aliphatic carbocycles. The molecule has 1 N–H and O–H groups in total. The van der Waals surface area contributed by atoms with Crippen LogP contribution in [-0.4, -0.2) is 70.0 Å². The van der Waals surface area contributed by atoms with E-state index in [1.54, 1.807) is 20.5 Å². The number of rotatable bonds is 5. The molecule has 0 amide bonds. The van der Waals surface area contributed by atoms with Gasteiger partial charge < -0.3 is 24.6 Å². The first-order valence-corrected chi connectivity index (χ1v) is 12.0. The van der Waals surface area contributed by atoms with Gasteiger partial charge in [0, 0.05) is 54.3 Å². The van der Waals surface area contributed by atoms with Crippen molar-refractivity contribution in [3.63, 3.8) is 0 Å². The van der Waals surface area contributed by atoms with Gasteiger partial charge in [-0.1, -0.05) is 16.6 Å². The zero-order chi connectivity index (χ0) is 23.5. The molecule has 0 spiro atoms. The summed E-state index contributed by atoms with van der Waals surface area (Å²) in [4.78, 5) is 13.4. The standard InChI is InChI=1S/C23H23N7O2S2/c1-31-20-11-17-18(12-21(20)32-2)24-14-25-22(17)29-7-9-30(10-8-29)23(33)26-16-5-3-15(4-6-16)19-13-34-28-27-19/h3-6,11-14H,7-10H2,1-2H3,(H,26,33). The Bertz CT molecular complexity index is 1290. The molecule has 5 rings (SSSR count). The predicted molar refractivity (Wildman–Crippen MR) is 138 cm³/mol. The summed E-state index contributed by atoms with van der Waals surface area (Å²) in [5.74, 6) is 2.20. The lowest BCUT2D eigenvalue weighted by Gasteiger charge is -2.37. The number of methoxy groups -OCH3 is 2. The van der Waals surface area contributed by atoms with Crippen LogP contribution in [0.1, 0.15) is 0 Å². The van der Waals surface area contributed by atoms with Crippen LogP contribution in [0.25, 0.3) is 22.2 Å². The van der Waals surface area contributed by atoms with Crippen LogP contribution in [0.4, 0.5) is 11.5 Å². The highest BCUT2D eigenvalue weighted by molar-refractivity contribution is 7.80. The van der Waals surface area contributed by atoms with Gasteiger partial charge in [-0.05, 0) is 41.9 Å². The van der Waals surface area contributed by atoms with Gasteiger partial charge in [-0.3, -0.25) is 0 Å². The second-order valence-electron chi connectivity index (χ2n) is 7.69. The number of nitrogens with one attached hydrogen (secondary N) is 1. The summed E-state index contributed by atoms with van der Waals surface area (Å²) in [5, 5.41) is 11.0.